The number of ether oxygens (including phenoxy) is 1. The first-order chi connectivity index (χ1) is 12.4. The zero-order valence-electron chi connectivity index (χ0n) is 14.1. The number of para-hydroxylation sites is 1. The second-order valence-corrected chi connectivity index (χ2v) is 6.53. The number of hydrogen-bond acceptors (Lipinski definition) is 4. The third-order valence-corrected chi connectivity index (χ3v) is 4.07. The molecule has 1 N–H and O–H groups in total. The molecule has 0 saturated carbocycles. The van der Waals surface area contributed by atoms with Crippen molar-refractivity contribution in [2.75, 3.05) is 32.1 Å². The number of alkyl halides is 2. The molecule has 0 atom stereocenters. The van der Waals surface area contributed by atoms with Crippen molar-refractivity contribution in [3.8, 4) is 5.75 Å². The quantitative estimate of drug-likeness (QED) is 0.662. The molecule has 1 amide bonds. The van der Waals surface area contributed by atoms with Crippen LogP contribution < -0.4 is 10.1 Å². The highest BCUT2D eigenvalue weighted by Crippen LogP contribution is 2.26. The maximum atomic E-state index is 13.4. The van der Waals surface area contributed by atoms with E-state index in [2.05, 4.69) is 5.32 Å². The van der Waals surface area contributed by atoms with Crippen LogP contribution >= 0.6 is 11.8 Å². The molecule has 2 rings (SSSR count). The Kier molecular flexibility index (Phi) is 7.80. The van der Waals surface area contributed by atoms with Gasteiger partial charge in [0.1, 0.15) is 6.61 Å². The van der Waals surface area contributed by atoms with Crippen molar-refractivity contribution >= 4 is 23.4 Å². The van der Waals surface area contributed by atoms with Crippen LogP contribution in [0.25, 0.3) is 0 Å². The third-order valence-electron chi connectivity index (χ3n) is 3.34. The van der Waals surface area contributed by atoms with Crippen LogP contribution in [-0.4, -0.2) is 43.3 Å². The Morgan fingerprint density at radius 1 is 1.19 bits per heavy atom. The first-order valence-electron chi connectivity index (χ1n) is 7.84. The molecule has 0 fully saturated rings. The van der Waals surface area contributed by atoms with E-state index in [1.165, 1.54) is 24.3 Å². The second-order valence-electron chi connectivity index (χ2n) is 5.47. The van der Waals surface area contributed by atoms with Crippen molar-refractivity contribution in [1.82, 2.24) is 4.90 Å². The standard InChI is InChI=1S/C18H19F3N2O2S/c1-23(10-11-25-16-5-3-2-4-15(16)19)12-17(24)22-13-6-8-14(9-7-13)26-18(20)21/h2-9,18H,10-12H2,1H3,(H,22,24). The van der Waals surface area contributed by atoms with Gasteiger partial charge in [0.15, 0.2) is 11.6 Å². The molecule has 0 aliphatic carbocycles. The lowest BCUT2D eigenvalue weighted by atomic mass is 10.3. The summed E-state index contributed by atoms with van der Waals surface area (Å²) in [6, 6.07) is 12.3. The molecule has 140 valence electrons. The first-order valence-corrected chi connectivity index (χ1v) is 8.72. The normalized spacial score (nSPS) is 11.0. The molecule has 0 bridgehead atoms. The lowest BCUT2D eigenvalue weighted by Crippen LogP contribution is -2.33. The summed E-state index contributed by atoms with van der Waals surface area (Å²) in [4.78, 5) is 14.2. The molecule has 26 heavy (non-hydrogen) atoms. The van der Waals surface area contributed by atoms with Crippen LogP contribution in [0.4, 0.5) is 18.9 Å². The Bertz CT molecular complexity index is 714. The van der Waals surface area contributed by atoms with E-state index in [9.17, 15) is 18.0 Å². The van der Waals surface area contributed by atoms with Crippen molar-refractivity contribution < 1.29 is 22.7 Å². The van der Waals surface area contributed by atoms with E-state index < -0.39 is 11.6 Å². The molecule has 0 aromatic heterocycles. The van der Waals surface area contributed by atoms with Gasteiger partial charge in [-0.3, -0.25) is 9.69 Å². The third kappa shape index (κ3) is 6.97. The first kappa shape index (κ1) is 20.1. The van der Waals surface area contributed by atoms with Crippen molar-refractivity contribution in [2.24, 2.45) is 0 Å². The number of likely N-dealkylation sites (N-methyl/N-ethyl adjacent to an activating group) is 1. The predicted octanol–water partition coefficient (Wildman–Crippen LogP) is 4.09. The number of rotatable bonds is 9. The Balaban J connectivity index is 1.72. The largest absolute Gasteiger partial charge is 0.489 e. The Morgan fingerprint density at radius 2 is 1.88 bits per heavy atom. The number of thioether (sulfide) groups is 1. The van der Waals surface area contributed by atoms with E-state index >= 15 is 0 Å². The van der Waals surface area contributed by atoms with Crippen molar-refractivity contribution in [3.05, 3.63) is 54.3 Å². The van der Waals surface area contributed by atoms with E-state index in [1.54, 1.807) is 36.2 Å². The summed E-state index contributed by atoms with van der Waals surface area (Å²) in [5.74, 6) is -2.98. The predicted molar refractivity (Wildman–Crippen MR) is 96.3 cm³/mol. The van der Waals surface area contributed by atoms with Crippen molar-refractivity contribution in [3.63, 3.8) is 0 Å². The van der Waals surface area contributed by atoms with Gasteiger partial charge in [0, 0.05) is 17.1 Å². The second kappa shape index (κ2) is 10.1. The van der Waals surface area contributed by atoms with Crippen LogP contribution in [0, 0.1) is 5.82 Å². The van der Waals surface area contributed by atoms with Crippen LogP contribution in [0.5, 0.6) is 5.75 Å². The number of hydrogen-bond donors (Lipinski definition) is 1. The summed E-state index contributed by atoms with van der Waals surface area (Å²) in [7, 11) is 1.74. The van der Waals surface area contributed by atoms with Crippen LogP contribution in [0.2, 0.25) is 0 Å². The van der Waals surface area contributed by atoms with E-state index in [0.717, 1.165) is 0 Å². The maximum Gasteiger partial charge on any atom is 0.288 e. The topological polar surface area (TPSA) is 41.6 Å². The van der Waals surface area contributed by atoms with Crippen LogP contribution in [0.1, 0.15) is 0 Å². The summed E-state index contributed by atoms with van der Waals surface area (Å²) in [6.45, 7) is 0.796. The SMILES string of the molecule is CN(CCOc1ccccc1F)CC(=O)Nc1ccc(SC(F)F)cc1. The molecule has 2 aromatic carbocycles. The minimum Gasteiger partial charge on any atom is -0.489 e. The van der Waals surface area contributed by atoms with Gasteiger partial charge < -0.3 is 10.1 Å². The fourth-order valence-electron chi connectivity index (χ4n) is 2.12. The zero-order valence-corrected chi connectivity index (χ0v) is 14.9. The monoisotopic (exact) mass is 384 g/mol. The van der Waals surface area contributed by atoms with Gasteiger partial charge in [-0.1, -0.05) is 23.9 Å². The number of benzene rings is 2. The van der Waals surface area contributed by atoms with Crippen LogP contribution in [0.15, 0.2) is 53.4 Å². The molecular weight excluding hydrogens is 365 g/mol. The molecule has 4 nitrogen and oxygen atoms in total. The summed E-state index contributed by atoms with van der Waals surface area (Å²) in [5, 5.41) is 2.69. The Labute approximate surface area is 154 Å². The average Bonchev–Trinajstić information content (AvgIpc) is 2.58. The van der Waals surface area contributed by atoms with Gasteiger partial charge in [0.2, 0.25) is 5.91 Å². The molecule has 0 aliphatic heterocycles. The maximum absolute atomic E-state index is 13.4. The lowest BCUT2D eigenvalue weighted by Gasteiger charge is -2.17. The van der Waals surface area contributed by atoms with Crippen LogP contribution in [-0.2, 0) is 4.79 Å². The highest BCUT2D eigenvalue weighted by Gasteiger charge is 2.09. The fraction of sp³-hybridized carbons (Fsp3) is 0.278. The fourth-order valence-corrected chi connectivity index (χ4v) is 2.62. The minimum absolute atomic E-state index is 0.119. The van der Waals surface area contributed by atoms with Gasteiger partial charge in [-0.15, -0.1) is 0 Å². The minimum atomic E-state index is -2.48. The average molecular weight is 384 g/mol. The molecule has 0 heterocycles. The number of anilines is 1. The lowest BCUT2D eigenvalue weighted by molar-refractivity contribution is -0.117. The van der Waals surface area contributed by atoms with E-state index in [-0.39, 0.29) is 24.8 Å². The molecule has 0 unspecified atom stereocenters. The van der Waals surface area contributed by atoms with E-state index in [4.69, 9.17) is 4.74 Å². The van der Waals surface area contributed by atoms with Gasteiger partial charge in [-0.05, 0) is 43.4 Å². The van der Waals surface area contributed by atoms with E-state index in [1.807, 2.05) is 0 Å². The number of nitrogens with zero attached hydrogens (tertiary/aromatic N) is 1. The van der Waals surface area contributed by atoms with Gasteiger partial charge in [-0.2, -0.15) is 8.78 Å². The zero-order chi connectivity index (χ0) is 18.9. The summed E-state index contributed by atoms with van der Waals surface area (Å²) >= 11 is 0.450. The van der Waals surface area contributed by atoms with Gasteiger partial charge in [-0.25, -0.2) is 4.39 Å². The van der Waals surface area contributed by atoms with Gasteiger partial charge in [0.05, 0.1) is 6.54 Å². The van der Waals surface area contributed by atoms with Crippen molar-refractivity contribution in [1.29, 1.82) is 0 Å². The number of nitrogens with one attached hydrogen (secondary N) is 1. The molecule has 0 radical (unpaired) electrons. The molecule has 8 heteroatoms. The number of carbonyl (C=O) groups is 1. The number of amides is 1. The highest BCUT2D eigenvalue weighted by atomic mass is 32.2. The molecule has 0 spiro atoms. The number of carbonyl (C=O) groups excluding carboxylic acids is 1. The van der Waals surface area contributed by atoms with E-state index in [0.29, 0.717) is 28.9 Å². The van der Waals surface area contributed by atoms with Gasteiger partial charge in [0.25, 0.3) is 5.76 Å². The summed E-state index contributed by atoms with van der Waals surface area (Å²) in [6.07, 6.45) is 0. The molecular formula is C18H19F3N2O2S. The highest BCUT2D eigenvalue weighted by molar-refractivity contribution is 7.99. The smallest absolute Gasteiger partial charge is 0.288 e. The summed E-state index contributed by atoms with van der Waals surface area (Å²) < 4.78 is 43.3. The molecule has 0 saturated heterocycles. The number of halogens is 3. The van der Waals surface area contributed by atoms with Crippen LogP contribution in [0.3, 0.4) is 0 Å². The Hall–Kier alpha value is -2.19. The summed E-state index contributed by atoms with van der Waals surface area (Å²) in [5.41, 5.74) is 0.532. The molecule has 0 aliphatic rings. The van der Waals surface area contributed by atoms with Crippen molar-refractivity contribution in [2.45, 2.75) is 10.7 Å². The Morgan fingerprint density at radius 3 is 2.54 bits per heavy atom. The van der Waals surface area contributed by atoms with Gasteiger partial charge >= 0.3 is 0 Å². The molecule has 2 aromatic rings.